The first-order valence-corrected chi connectivity index (χ1v) is 17.6. The number of sulfonamides is 1. The molecule has 2 aliphatic rings. The molecule has 0 aliphatic carbocycles. The zero-order valence-corrected chi connectivity index (χ0v) is 27.3. The number of piperidine rings is 1. The molecule has 12 heteroatoms. The first kappa shape index (κ1) is 33.1. The Kier molecular flexibility index (Phi) is 11.4. The number of nitrogens with one attached hydrogen (secondary N) is 1. The van der Waals surface area contributed by atoms with Crippen LogP contribution in [0.15, 0.2) is 29.2 Å². The molecule has 4 rings (SSSR count). The number of carbonyl (C=O) groups is 3. The largest absolute Gasteiger partial charge is 0.466 e. The normalized spacial score (nSPS) is 16.5. The number of benzene rings is 1. The van der Waals surface area contributed by atoms with Gasteiger partial charge in [0.2, 0.25) is 10.0 Å². The van der Waals surface area contributed by atoms with E-state index in [1.165, 1.54) is 39.9 Å². The molecule has 0 radical (unpaired) electrons. The molecule has 0 spiro atoms. The minimum Gasteiger partial charge on any atom is -0.466 e. The molecule has 236 valence electrons. The van der Waals surface area contributed by atoms with E-state index in [4.69, 9.17) is 4.74 Å². The molecule has 0 atom stereocenters. The van der Waals surface area contributed by atoms with E-state index in [2.05, 4.69) is 31.0 Å². The zero-order chi connectivity index (χ0) is 31.1. The summed E-state index contributed by atoms with van der Waals surface area (Å²) in [6.45, 7) is 12.6. The predicted molar refractivity (Wildman–Crippen MR) is 168 cm³/mol. The van der Waals surface area contributed by atoms with Gasteiger partial charge in [0.15, 0.2) is 0 Å². The molecule has 3 heterocycles. The van der Waals surface area contributed by atoms with Gasteiger partial charge in [-0.3, -0.25) is 19.3 Å². The summed E-state index contributed by atoms with van der Waals surface area (Å²) >= 11 is 1.46. The van der Waals surface area contributed by atoms with Gasteiger partial charge in [-0.15, -0.1) is 11.3 Å². The van der Waals surface area contributed by atoms with E-state index in [1.807, 2.05) is 4.90 Å². The van der Waals surface area contributed by atoms with Crippen molar-refractivity contribution in [1.29, 1.82) is 0 Å². The first-order chi connectivity index (χ1) is 20.6. The van der Waals surface area contributed by atoms with E-state index < -0.39 is 15.9 Å². The highest BCUT2D eigenvalue weighted by molar-refractivity contribution is 7.89. The van der Waals surface area contributed by atoms with Gasteiger partial charge < -0.3 is 15.0 Å². The van der Waals surface area contributed by atoms with Crippen molar-refractivity contribution >= 4 is 44.1 Å². The second-order valence-corrected chi connectivity index (χ2v) is 14.1. The Bertz CT molecular complexity index is 1390. The van der Waals surface area contributed by atoms with Crippen LogP contribution in [0.3, 0.4) is 0 Å². The lowest BCUT2D eigenvalue weighted by atomic mass is 9.98. The summed E-state index contributed by atoms with van der Waals surface area (Å²) in [4.78, 5) is 44.7. The number of hydrogen-bond donors (Lipinski definition) is 1. The third kappa shape index (κ3) is 7.47. The Morgan fingerprint density at radius 3 is 2.23 bits per heavy atom. The minimum atomic E-state index is -3.78. The van der Waals surface area contributed by atoms with Gasteiger partial charge in [0.05, 0.1) is 23.0 Å². The Labute approximate surface area is 259 Å². The van der Waals surface area contributed by atoms with Gasteiger partial charge in [-0.1, -0.05) is 20.8 Å². The highest BCUT2D eigenvalue weighted by Crippen LogP contribution is 2.38. The van der Waals surface area contributed by atoms with Gasteiger partial charge in [-0.05, 0) is 75.4 Å². The Morgan fingerprint density at radius 1 is 1.00 bits per heavy atom. The number of ether oxygens (including phenoxy) is 1. The number of rotatable bonds is 12. The predicted octanol–water partition coefficient (Wildman–Crippen LogP) is 4.60. The van der Waals surface area contributed by atoms with Crippen molar-refractivity contribution in [2.24, 2.45) is 5.92 Å². The van der Waals surface area contributed by atoms with E-state index in [0.717, 1.165) is 49.3 Å². The van der Waals surface area contributed by atoms with Gasteiger partial charge in [0, 0.05) is 49.7 Å². The Morgan fingerprint density at radius 2 is 1.65 bits per heavy atom. The fourth-order valence-electron chi connectivity index (χ4n) is 5.75. The summed E-state index contributed by atoms with van der Waals surface area (Å²) in [5, 5.41) is 3.55. The van der Waals surface area contributed by atoms with Gasteiger partial charge in [0.1, 0.15) is 5.00 Å². The molecule has 1 aromatic heterocycles. The molecule has 1 N–H and O–H groups in total. The van der Waals surface area contributed by atoms with Gasteiger partial charge in [-0.2, -0.15) is 4.31 Å². The lowest BCUT2D eigenvalue weighted by Crippen LogP contribution is -2.40. The van der Waals surface area contributed by atoms with E-state index in [0.29, 0.717) is 48.7 Å². The average molecular weight is 633 g/mol. The molecule has 1 aromatic carbocycles. The van der Waals surface area contributed by atoms with E-state index in [9.17, 15) is 22.8 Å². The van der Waals surface area contributed by atoms with Crippen molar-refractivity contribution in [3.8, 4) is 0 Å². The zero-order valence-electron chi connectivity index (χ0n) is 25.7. The van der Waals surface area contributed by atoms with Crippen LogP contribution in [0.25, 0.3) is 0 Å². The van der Waals surface area contributed by atoms with Gasteiger partial charge in [0.25, 0.3) is 11.8 Å². The number of thiophene rings is 1. The molecule has 10 nitrogen and oxygen atoms in total. The fraction of sp³-hybridized carbons (Fsp3) is 0.581. The molecule has 2 amide bonds. The molecule has 1 saturated heterocycles. The molecule has 0 saturated carbocycles. The molecule has 0 unspecified atom stereocenters. The van der Waals surface area contributed by atoms with E-state index in [-0.39, 0.29) is 35.8 Å². The lowest BCUT2D eigenvalue weighted by molar-refractivity contribution is -0.149. The second-order valence-electron chi connectivity index (χ2n) is 11.0. The quantitative estimate of drug-likeness (QED) is 0.340. The standard InChI is InChI=1S/C31H44N4O6S2/c1-5-16-34(17-6-2)30(37)27-25-15-18-33(7-3)21-26(25)42-29(27)32-28(36)22-9-11-24(12-10-22)43(39,40)35-19-13-23(14-20-35)31(38)41-8-4/h9-12,23H,5-8,13-21H2,1-4H3,(H,32,36). The summed E-state index contributed by atoms with van der Waals surface area (Å²) < 4.78 is 33.0. The number of amides is 2. The summed E-state index contributed by atoms with van der Waals surface area (Å²) in [6.07, 6.45) is 3.28. The molecule has 1 fully saturated rings. The highest BCUT2D eigenvalue weighted by Gasteiger charge is 2.33. The number of likely N-dealkylation sites (N-methyl/N-ethyl adjacent to an activating group) is 1. The molecule has 2 aromatic rings. The number of carbonyl (C=O) groups excluding carboxylic acids is 3. The number of fused-ring (bicyclic) bond motifs is 1. The van der Waals surface area contributed by atoms with Crippen LogP contribution in [0, 0.1) is 5.92 Å². The van der Waals surface area contributed by atoms with Crippen molar-refractivity contribution < 1.29 is 27.5 Å². The number of esters is 1. The van der Waals surface area contributed by atoms with Crippen LogP contribution in [-0.2, 0) is 32.5 Å². The SMILES string of the molecule is CCCN(CCC)C(=O)c1c(NC(=O)c2ccc(S(=O)(=O)N3CCC(C(=O)OCC)CC3)cc2)sc2c1CCN(CC)C2. The molecule has 43 heavy (non-hydrogen) atoms. The van der Waals surface area contributed by atoms with Crippen LogP contribution in [0.2, 0.25) is 0 Å². The van der Waals surface area contributed by atoms with Crippen LogP contribution in [0.5, 0.6) is 0 Å². The van der Waals surface area contributed by atoms with Crippen LogP contribution >= 0.6 is 11.3 Å². The monoisotopic (exact) mass is 632 g/mol. The number of nitrogens with zero attached hydrogens (tertiary/aromatic N) is 3. The van der Waals surface area contributed by atoms with Crippen molar-refractivity contribution in [3.63, 3.8) is 0 Å². The van der Waals surface area contributed by atoms with Crippen molar-refractivity contribution in [3.05, 3.63) is 45.8 Å². The summed E-state index contributed by atoms with van der Waals surface area (Å²) in [5.41, 5.74) is 1.93. The summed E-state index contributed by atoms with van der Waals surface area (Å²) in [7, 11) is -3.78. The van der Waals surface area contributed by atoms with Gasteiger partial charge >= 0.3 is 5.97 Å². The molecular formula is C31H44N4O6S2. The minimum absolute atomic E-state index is 0.0467. The van der Waals surface area contributed by atoms with Gasteiger partial charge in [-0.25, -0.2) is 8.42 Å². The van der Waals surface area contributed by atoms with Crippen LogP contribution in [-0.4, -0.2) is 86.2 Å². The topological polar surface area (TPSA) is 116 Å². The van der Waals surface area contributed by atoms with Crippen molar-refractivity contribution in [2.75, 3.05) is 51.2 Å². The second kappa shape index (κ2) is 14.8. The number of anilines is 1. The Hall–Kier alpha value is -2.80. The van der Waals surface area contributed by atoms with Crippen molar-refractivity contribution in [2.45, 2.75) is 71.2 Å². The van der Waals surface area contributed by atoms with E-state index in [1.54, 1.807) is 6.92 Å². The summed E-state index contributed by atoms with van der Waals surface area (Å²) in [5.74, 6) is -1.01. The molecule has 0 bridgehead atoms. The van der Waals surface area contributed by atoms with Crippen molar-refractivity contribution in [1.82, 2.24) is 14.1 Å². The third-order valence-corrected chi connectivity index (χ3v) is 11.2. The average Bonchev–Trinajstić information content (AvgIpc) is 3.37. The highest BCUT2D eigenvalue weighted by atomic mass is 32.2. The lowest BCUT2D eigenvalue weighted by Gasteiger charge is -2.30. The summed E-state index contributed by atoms with van der Waals surface area (Å²) in [6, 6.07) is 5.89. The van der Waals surface area contributed by atoms with Crippen LogP contribution in [0.1, 0.15) is 84.5 Å². The Balaban J connectivity index is 1.52. The maximum atomic E-state index is 13.8. The molecular weight excluding hydrogens is 588 g/mol. The number of hydrogen-bond acceptors (Lipinski definition) is 8. The third-order valence-electron chi connectivity index (χ3n) is 8.13. The van der Waals surface area contributed by atoms with Crippen LogP contribution in [0.4, 0.5) is 5.00 Å². The van der Waals surface area contributed by atoms with Crippen LogP contribution < -0.4 is 5.32 Å². The fourth-order valence-corrected chi connectivity index (χ4v) is 8.49. The maximum absolute atomic E-state index is 13.8. The first-order valence-electron chi connectivity index (χ1n) is 15.4. The van der Waals surface area contributed by atoms with E-state index >= 15 is 0 Å². The molecule has 2 aliphatic heterocycles. The smallest absolute Gasteiger partial charge is 0.309 e. The maximum Gasteiger partial charge on any atom is 0.309 e.